The van der Waals surface area contributed by atoms with Gasteiger partial charge in [-0.05, 0) is 78.9 Å². The highest BCUT2D eigenvalue weighted by atomic mass is 16.5. The molecule has 1 atom stereocenters. The van der Waals surface area contributed by atoms with Crippen molar-refractivity contribution in [1.82, 2.24) is 20.2 Å². The smallest absolute Gasteiger partial charge is 0.262 e. The van der Waals surface area contributed by atoms with Crippen LogP contribution in [-0.4, -0.2) is 83.0 Å². The molecule has 1 aromatic heterocycles. The molecule has 1 spiro atoms. The van der Waals surface area contributed by atoms with Crippen molar-refractivity contribution in [3.63, 3.8) is 0 Å². The molecule has 4 aliphatic heterocycles. The third kappa shape index (κ3) is 7.20. The SMILES string of the molecule is CC(C)(c1ccc(OCc2ccnc(N3CCC4(CC3)COC4)n2)cc1)c1ccc(OC2CC(Nc3ccc4c(c3)C(=O)N(C3CCC(=O)NC3=O)C4=O)C2)cc1. The molecule has 1 aliphatic carbocycles. The first-order chi connectivity index (χ1) is 27.5. The first-order valence-corrected chi connectivity index (χ1v) is 19.8. The monoisotopic (exact) mass is 770 g/mol. The minimum Gasteiger partial charge on any atom is -0.490 e. The van der Waals surface area contributed by atoms with E-state index in [-0.39, 0.29) is 41.5 Å². The van der Waals surface area contributed by atoms with E-state index < -0.39 is 29.7 Å². The van der Waals surface area contributed by atoms with Gasteiger partial charge in [-0.25, -0.2) is 9.97 Å². The Bertz CT molecular complexity index is 2200. The topological polar surface area (TPSA) is 152 Å². The normalized spacial score (nSPS) is 22.7. The van der Waals surface area contributed by atoms with E-state index in [2.05, 4.69) is 58.6 Å². The van der Waals surface area contributed by atoms with Crippen molar-refractivity contribution in [3.8, 4) is 11.5 Å². The Morgan fingerprint density at radius 3 is 2.23 bits per heavy atom. The number of fused-ring (bicyclic) bond motifs is 1. The van der Waals surface area contributed by atoms with E-state index in [0.29, 0.717) is 12.0 Å². The molecule has 0 bridgehead atoms. The molecule has 2 N–H and O–H groups in total. The average Bonchev–Trinajstić information content (AvgIpc) is 3.44. The third-order valence-corrected chi connectivity index (χ3v) is 12.4. The Labute approximate surface area is 331 Å². The molecule has 4 fully saturated rings. The van der Waals surface area contributed by atoms with Crippen molar-refractivity contribution in [2.75, 3.05) is 36.5 Å². The number of nitrogens with one attached hydrogen (secondary N) is 2. The lowest BCUT2D eigenvalue weighted by Crippen LogP contribution is -2.54. The summed E-state index contributed by atoms with van der Waals surface area (Å²) in [6.45, 7) is 8.45. The number of ether oxygens (including phenoxy) is 3. The number of rotatable bonds is 11. The zero-order chi connectivity index (χ0) is 39.3. The largest absolute Gasteiger partial charge is 0.490 e. The molecular weight excluding hydrogens is 725 g/mol. The van der Waals surface area contributed by atoms with Crippen LogP contribution in [0, 0.1) is 5.41 Å². The Balaban J connectivity index is 0.744. The number of anilines is 2. The number of carbonyl (C=O) groups is 4. The lowest BCUT2D eigenvalue weighted by Gasteiger charge is -2.47. The highest BCUT2D eigenvalue weighted by molar-refractivity contribution is 6.23. The van der Waals surface area contributed by atoms with Crippen molar-refractivity contribution in [3.05, 3.63) is 107 Å². The number of carbonyl (C=O) groups excluding carboxylic acids is 4. The molecule has 4 amide bonds. The van der Waals surface area contributed by atoms with Crippen LogP contribution in [0.2, 0.25) is 0 Å². The maximum Gasteiger partial charge on any atom is 0.262 e. The lowest BCUT2D eigenvalue weighted by molar-refractivity contribution is -0.136. The highest BCUT2D eigenvalue weighted by Gasteiger charge is 2.45. The molecule has 5 heterocycles. The minimum absolute atomic E-state index is 0.0447. The summed E-state index contributed by atoms with van der Waals surface area (Å²) in [4.78, 5) is 62.8. The number of benzene rings is 3. The molecular formula is C44H46N6O7. The number of aromatic nitrogens is 2. The minimum atomic E-state index is -0.986. The maximum absolute atomic E-state index is 13.2. The summed E-state index contributed by atoms with van der Waals surface area (Å²) in [5, 5.41) is 5.68. The molecule has 13 heteroatoms. The molecule has 0 radical (unpaired) electrons. The molecule has 13 nitrogen and oxygen atoms in total. The second-order valence-corrected chi connectivity index (χ2v) is 16.6. The molecule has 1 unspecified atom stereocenters. The zero-order valence-corrected chi connectivity index (χ0v) is 32.2. The summed E-state index contributed by atoms with van der Waals surface area (Å²) >= 11 is 0. The molecule has 5 aliphatic rings. The molecule has 9 rings (SSSR count). The summed E-state index contributed by atoms with van der Waals surface area (Å²) in [5.41, 5.74) is 4.55. The number of imide groups is 2. The van der Waals surface area contributed by atoms with Gasteiger partial charge < -0.3 is 24.4 Å². The van der Waals surface area contributed by atoms with Crippen molar-refractivity contribution in [2.45, 2.75) is 82.6 Å². The van der Waals surface area contributed by atoms with Gasteiger partial charge in [0.25, 0.3) is 11.8 Å². The Kier molecular flexibility index (Phi) is 9.42. The van der Waals surface area contributed by atoms with Crippen LogP contribution >= 0.6 is 0 Å². The standard InChI is InChI=1S/C44H46N6O7/c1-43(2,27-3-8-32(9-4-27)56-24-30-15-18-45-42(47-30)49-19-16-44(17-20-49)25-55-26-44)28-5-10-33(11-6-28)57-34-21-31(22-34)46-29-7-12-35-36(23-29)41(54)50(40(35)53)37-13-14-38(51)48-39(37)52/h3-12,15,18,23,31,34,37,46H,13-14,16-17,19-22,24-26H2,1-2H3,(H,48,51,52). The summed E-state index contributed by atoms with van der Waals surface area (Å²) in [6.07, 6.45) is 5.86. The van der Waals surface area contributed by atoms with Crippen molar-refractivity contribution in [1.29, 1.82) is 0 Å². The Morgan fingerprint density at radius 2 is 1.56 bits per heavy atom. The van der Waals surface area contributed by atoms with Crippen LogP contribution in [0.25, 0.3) is 0 Å². The summed E-state index contributed by atoms with van der Waals surface area (Å²) in [6, 6.07) is 22.7. The van der Waals surface area contributed by atoms with Crippen LogP contribution < -0.4 is 25.0 Å². The fraction of sp³-hybridized carbons (Fsp3) is 0.409. The number of hydrogen-bond acceptors (Lipinski definition) is 11. The van der Waals surface area contributed by atoms with Crippen molar-refractivity contribution in [2.24, 2.45) is 5.41 Å². The van der Waals surface area contributed by atoms with E-state index in [0.717, 1.165) is 85.7 Å². The first-order valence-electron chi connectivity index (χ1n) is 19.8. The predicted octanol–water partition coefficient (Wildman–Crippen LogP) is 5.42. The molecule has 3 aromatic carbocycles. The van der Waals surface area contributed by atoms with Gasteiger partial charge >= 0.3 is 0 Å². The van der Waals surface area contributed by atoms with Gasteiger partial charge in [-0.15, -0.1) is 0 Å². The second kappa shape index (κ2) is 14.6. The van der Waals surface area contributed by atoms with Gasteiger partial charge in [-0.3, -0.25) is 29.4 Å². The van der Waals surface area contributed by atoms with Crippen LogP contribution in [0.15, 0.2) is 79.0 Å². The van der Waals surface area contributed by atoms with Gasteiger partial charge in [0.1, 0.15) is 30.3 Å². The first kappa shape index (κ1) is 36.8. The summed E-state index contributed by atoms with van der Waals surface area (Å²) < 4.78 is 17.9. The van der Waals surface area contributed by atoms with Crippen LogP contribution in [0.1, 0.15) is 89.9 Å². The molecule has 1 saturated carbocycles. The quantitative estimate of drug-likeness (QED) is 0.188. The van der Waals surface area contributed by atoms with E-state index in [1.54, 1.807) is 18.2 Å². The van der Waals surface area contributed by atoms with Crippen LogP contribution in [-0.2, 0) is 26.3 Å². The van der Waals surface area contributed by atoms with E-state index in [4.69, 9.17) is 19.2 Å². The number of amides is 4. The lowest BCUT2D eigenvalue weighted by atomic mass is 9.77. The molecule has 294 valence electrons. The van der Waals surface area contributed by atoms with Gasteiger partial charge in [-0.1, -0.05) is 38.1 Å². The van der Waals surface area contributed by atoms with Crippen LogP contribution in [0.3, 0.4) is 0 Å². The predicted molar refractivity (Wildman–Crippen MR) is 210 cm³/mol. The second-order valence-electron chi connectivity index (χ2n) is 16.6. The average molecular weight is 771 g/mol. The number of nitrogens with zero attached hydrogens (tertiary/aromatic N) is 4. The molecule has 57 heavy (non-hydrogen) atoms. The van der Waals surface area contributed by atoms with E-state index >= 15 is 0 Å². The van der Waals surface area contributed by atoms with Crippen molar-refractivity contribution < 1.29 is 33.4 Å². The Morgan fingerprint density at radius 1 is 0.877 bits per heavy atom. The highest BCUT2D eigenvalue weighted by Crippen LogP contribution is 2.39. The molecule has 3 saturated heterocycles. The van der Waals surface area contributed by atoms with Gasteiger partial charge in [0, 0.05) is 61.1 Å². The zero-order valence-electron chi connectivity index (χ0n) is 32.2. The maximum atomic E-state index is 13.2. The fourth-order valence-corrected chi connectivity index (χ4v) is 8.49. The van der Waals surface area contributed by atoms with Gasteiger partial charge in [0.05, 0.1) is 30.0 Å². The van der Waals surface area contributed by atoms with Gasteiger partial charge in [0.2, 0.25) is 17.8 Å². The Hall–Kier alpha value is -5.82. The van der Waals surface area contributed by atoms with Gasteiger partial charge in [-0.2, -0.15) is 0 Å². The van der Waals surface area contributed by atoms with E-state index in [1.165, 1.54) is 11.1 Å². The number of hydrogen-bond donors (Lipinski definition) is 2. The summed E-state index contributed by atoms with van der Waals surface area (Å²) in [5.74, 6) is 0.308. The summed E-state index contributed by atoms with van der Waals surface area (Å²) in [7, 11) is 0. The third-order valence-electron chi connectivity index (χ3n) is 12.4. The fourth-order valence-electron chi connectivity index (χ4n) is 8.49. The van der Waals surface area contributed by atoms with Crippen LogP contribution in [0.4, 0.5) is 11.6 Å². The van der Waals surface area contributed by atoms with E-state index in [9.17, 15) is 19.2 Å². The number of piperidine rings is 2. The van der Waals surface area contributed by atoms with Crippen LogP contribution in [0.5, 0.6) is 11.5 Å². The van der Waals surface area contributed by atoms with Gasteiger partial charge in [0.15, 0.2) is 0 Å². The van der Waals surface area contributed by atoms with Crippen molar-refractivity contribution >= 4 is 35.3 Å². The molecule has 4 aromatic rings. The van der Waals surface area contributed by atoms with E-state index in [1.807, 2.05) is 36.5 Å².